The van der Waals surface area contributed by atoms with E-state index in [1.165, 1.54) is 23.1 Å². The summed E-state index contributed by atoms with van der Waals surface area (Å²) in [6.07, 6.45) is 1.80. The molecule has 0 unspecified atom stereocenters. The van der Waals surface area contributed by atoms with Gasteiger partial charge in [0.1, 0.15) is 16.5 Å². The van der Waals surface area contributed by atoms with Crippen LogP contribution in [0.15, 0.2) is 59.1 Å². The summed E-state index contributed by atoms with van der Waals surface area (Å²) in [5.74, 6) is 0.856. The molecule has 0 bridgehead atoms. The van der Waals surface area contributed by atoms with Gasteiger partial charge in [-0.25, -0.2) is 4.98 Å². The van der Waals surface area contributed by atoms with Crippen LogP contribution in [-0.4, -0.2) is 56.2 Å². The Hall–Kier alpha value is -2.92. The number of nitrogens with zero attached hydrogens (tertiary/aromatic N) is 5. The van der Waals surface area contributed by atoms with Gasteiger partial charge in [-0.3, -0.25) is 14.2 Å². The van der Waals surface area contributed by atoms with E-state index in [1.807, 2.05) is 41.0 Å². The summed E-state index contributed by atoms with van der Waals surface area (Å²) in [5.41, 5.74) is 2.35. The maximum Gasteiger partial charge on any atom is 0.309 e. The molecule has 0 atom stereocenters. The molecular weight excluding hydrogens is 589 g/mol. The molecule has 40 heavy (non-hydrogen) atoms. The first-order valence-electron chi connectivity index (χ1n) is 12.9. The van der Waals surface area contributed by atoms with Gasteiger partial charge in [0.15, 0.2) is 5.16 Å². The molecule has 8 nitrogen and oxygen atoms in total. The normalized spacial score (nSPS) is 13.9. The maximum atomic E-state index is 13.1. The summed E-state index contributed by atoms with van der Waals surface area (Å²) in [6, 6.07) is 15.5. The molecule has 3 heterocycles. The number of benzene rings is 2. The number of hydrogen-bond acceptors (Lipinski definition) is 8. The van der Waals surface area contributed by atoms with Crippen molar-refractivity contribution < 1.29 is 14.3 Å². The molecule has 0 spiro atoms. The fourth-order valence-corrected chi connectivity index (χ4v) is 6.56. The fraction of sp³-hybridized carbons (Fsp3) is 0.321. The molecule has 1 aliphatic heterocycles. The lowest BCUT2D eigenvalue weighted by Gasteiger charge is -2.30. The first-order chi connectivity index (χ1) is 19.4. The number of aromatic nitrogens is 4. The molecule has 1 saturated heterocycles. The molecule has 0 radical (unpaired) electrons. The number of esters is 1. The zero-order chi connectivity index (χ0) is 28.1. The Morgan fingerprint density at radius 3 is 2.58 bits per heavy atom. The highest BCUT2D eigenvalue weighted by atomic mass is 35.5. The number of hydrogen-bond donors (Lipinski definition) is 0. The first-order valence-corrected chi connectivity index (χ1v) is 15.5. The Bertz CT molecular complexity index is 1490. The van der Waals surface area contributed by atoms with Crippen LogP contribution in [0.1, 0.15) is 46.6 Å². The van der Waals surface area contributed by atoms with E-state index < -0.39 is 0 Å². The van der Waals surface area contributed by atoms with Crippen LogP contribution in [-0.2, 0) is 21.7 Å². The minimum Gasteiger partial charge on any atom is -0.466 e. The lowest BCUT2D eigenvalue weighted by molar-refractivity contribution is -0.149. The number of halogens is 2. The highest BCUT2D eigenvalue weighted by Crippen LogP contribution is 2.31. The second-order valence-corrected chi connectivity index (χ2v) is 11.9. The molecule has 2 aromatic heterocycles. The molecule has 1 fully saturated rings. The van der Waals surface area contributed by atoms with E-state index in [-0.39, 0.29) is 17.8 Å². The van der Waals surface area contributed by atoms with Crippen LogP contribution in [0.5, 0.6) is 0 Å². The van der Waals surface area contributed by atoms with Crippen LogP contribution in [0.4, 0.5) is 0 Å². The Labute approximate surface area is 250 Å². The molecule has 1 amide bonds. The van der Waals surface area contributed by atoms with Gasteiger partial charge in [0.05, 0.1) is 34.0 Å². The van der Waals surface area contributed by atoms with Crippen molar-refractivity contribution in [1.29, 1.82) is 0 Å². The summed E-state index contributed by atoms with van der Waals surface area (Å²) in [4.78, 5) is 31.4. The molecule has 1 aliphatic rings. The van der Waals surface area contributed by atoms with Crippen molar-refractivity contribution in [2.45, 2.75) is 37.1 Å². The van der Waals surface area contributed by atoms with Crippen molar-refractivity contribution >= 4 is 58.2 Å². The van der Waals surface area contributed by atoms with Crippen molar-refractivity contribution in [2.75, 3.05) is 19.7 Å². The Balaban J connectivity index is 1.28. The van der Waals surface area contributed by atoms with Gasteiger partial charge < -0.3 is 9.64 Å². The number of carbonyl (C=O) groups is 2. The monoisotopic (exact) mass is 615 g/mol. The number of ether oxygens (including phenoxy) is 1. The van der Waals surface area contributed by atoms with Gasteiger partial charge >= 0.3 is 5.97 Å². The van der Waals surface area contributed by atoms with Crippen molar-refractivity contribution in [3.8, 4) is 5.69 Å². The van der Waals surface area contributed by atoms with Crippen LogP contribution in [0.25, 0.3) is 5.69 Å². The second kappa shape index (κ2) is 13.2. The largest absolute Gasteiger partial charge is 0.466 e. The third kappa shape index (κ3) is 6.68. The minimum atomic E-state index is -0.178. The summed E-state index contributed by atoms with van der Waals surface area (Å²) in [7, 11) is 0. The van der Waals surface area contributed by atoms with E-state index in [1.54, 1.807) is 29.3 Å². The van der Waals surface area contributed by atoms with Gasteiger partial charge in [0.2, 0.25) is 0 Å². The van der Waals surface area contributed by atoms with Crippen molar-refractivity contribution in [3.63, 3.8) is 0 Å². The second-order valence-electron chi connectivity index (χ2n) is 9.23. The van der Waals surface area contributed by atoms with Crippen LogP contribution in [0.2, 0.25) is 10.0 Å². The number of amides is 1. The van der Waals surface area contributed by atoms with Gasteiger partial charge in [-0.1, -0.05) is 65.3 Å². The molecule has 0 N–H and O–H groups in total. The quantitative estimate of drug-likeness (QED) is 0.160. The van der Waals surface area contributed by atoms with Crippen molar-refractivity contribution in [1.82, 2.24) is 24.6 Å². The van der Waals surface area contributed by atoms with Gasteiger partial charge in [0.25, 0.3) is 5.91 Å². The first kappa shape index (κ1) is 28.6. The number of thiazole rings is 1. The number of carbonyl (C=O) groups excluding carboxylic acids is 2. The molecule has 208 valence electrons. The summed E-state index contributed by atoms with van der Waals surface area (Å²) < 4.78 is 7.11. The Morgan fingerprint density at radius 1 is 1.07 bits per heavy atom. The topological polar surface area (TPSA) is 90.2 Å². The standard InChI is InChI=1S/C28H27Cl2N5O3S2/c1-2-38-27(37)19-10-12-34(13-11-19)26(36)23-16-39-25(31-23)17-40-28-33-32-24(14-18-6-4-3-5-7-18)35(28)20-8-9-21(29)22(30)15-20/h3-9,15-16,19H,2,10-14,17H2,1H3. The maximum absolute atomic E-state index is 13.1. The number of likely N-dealkylation sites (tertiary alicyclic amines) is 1. The smallest absolute Gasteiger partial charge is 0.309 e. The van der Waals surface area contributed by atoms with E-state index in [4.69, 9.17) is 27.9 Å². The van der Waals surface area contributed by atoms with E-state index >= 15 is 0 Å². The average Bonchev–Trinajstić information content (AvgIpc) is 3.61. The average molecular weight is 617 g/mol. The molecule has 0 saturated carbocycles. The molecule has 2 aromatic carbocycles. The van der Waals surface area contributed by atoms with E-state index in [0.717, 1.165) is 22.1 Å². The van der Waals surface area contributed by atoms with Crippen LogP contribution >= 0.6 is 46.3 Å². The zero-order valence-corrected chi connectivity index (χ0v) is 24.9. The highest BCUT2D eigenvalue weighted by Gasteiger charge is 2.29. The fourth-order valence-electron chi connectivity index (χ4n) is 4.51. The molecule has 0 aliphatic carbocycles. The van der Waals surface area contributed by atoms with Gasteiger partial charge in [0, 0.05) is 24.9 Å². The SMILES string of the molecule is CCOC(=O)C1CCN(C(=O)c2csc(CSc3nnc(Cc4ccccc4)n3-c3ccc(Cl)c(Cl)c3)n2)CC1. The minimum absolute atomic E-state index is 0.112. The molecule has 4 aromatic rings. The lowest BCUT2D eigenvalue weighted by Crippen LogP contribution is -2.40. The Kier molecular flexibility index (Phi) is 9.41. The van der Waals surface area contributed by atoms with Crippen LogP contribution in [0, 0.1) is 5.92 Å². The zero-order valence-electron chi connectivity index (χ0n) is 21.8. The van der Waals surface area contributed by atoms with Crippen LogP contribution in [0.3, 0.4) is 0 Å². The van der Waals surface area contributed by atoms with Crippen LogP contribution < -0.4 is 0 Å². The van der Waals surface area contributed by atoms with E-state index in [9.17, 15) is 9.59 Å². The predicted molar refractivity (Wildman–Crippen MR) is 158 cm³/mol. The van der Waals surface area contributed by atoms with Gasteiger partial charge in [-0.2, -0.15) is 0 Å². The van der Waals surface area contributed by atoms with E-state index in [0.29, 0.717) is 65.6 Å². The molecule has 5 rings (SSSR count). The number of piperidine rings is 1. The summed E-state index contributed by atoms with van der Waals surface area (Å²) >= 11 is 15.4. The van der Waals surface area contributed by atoms with Gasteiger partial charge in [-0.05, 0) is 43.5 Å². The van der Waals surface area contributed by atoms with Crippen molar-refractivity contribution in [3.05, 3.63) is 86.0 Å². The van der Waals surface area contributed by atoms with Gasteiger partial charge in [-0.15, -0.1) is 21.5 Å². The third-order valence-corrected chi connectivity index (χ3v) is 9.28. The van der Waals surface area contributed by atoms with E-state index in [2.05, 4.69) is 15.2 Å². The molecule has 12 heteroatoms. The number of thioether (sulfide) groups is 1. The predicted octanol–water partition coefficient (Wildman–Crippen LogP) is 6.33. The van der Waals surface area contributed by atoms with Crippen molar-refractivity contribution in [2.24, 2.45) is 5.92 Å². The number of rotatable bonds is 9. The summed E-state index contributed by atoms with van der Waals surface area (Å²) in [6.45, 7) is 3.20. The summed E-state index contributed by atoms with van der Waals surface area (Å²) in [5, 5.41) is 13.2. The third-order valence-electron chi connectivity index (χ3n) is 6.56. The Morgan fingerprint density at radius 2 is 1.85 bits per heavy atom. The molecular formula is C28H27Cl2N5O3S2. The highest BCUT2D eigenvalue weighted by molar-refractivity contribution is 7.98. The lowest BCUT2D eigenvalue weighted by atomic mass is 9.97.